The van der Waals surface area contributed by atoms with Crippen LogP contribution in [0.4, 0.5) is 0 Å². The van der Waals surface area contributed by atoms with Crippen LogP contribution in [0.25, 0.3) is 11.1 Å². The smallest absolute Gasteiger partial charge is 0.408 e. The second-order valence-corrected chi connectivity index (χ2v) is 3.16. The maximum atomic E-state index is 11.2. The quantitative estimate of drug-likeness (QED) is 0.718. The first-order valence-corrected chi connectivity index (χ1v) is 4.26. The molecule has 1 aromatic carbocycles. The lowest BCUT2D eigenvalue weighted by atomic mass is 10.3. The van der Waals surface area contributed by atoms with Gasteiger partial charge in [-0.3, -0.25) is 4.57 Å². The average Bonchev–Trinajstić information content (AvgIpc) is 2.43. The third-order valence-corrected chi connectivity index (χ3v) is 2.09. The molecule has 70 valence electrons. The number of benzene rings is 1. The number of aromatic nitrogens is 1. The summed E-state index contributed by atoms with van der Waals surface area (Å²) < 4.78 is 6.16. The van der Waals surface area contributed by atoms with Gasteiger partial charge in [-0.2, -0.15) is 5.26 Å². The molecule has 0 aliphatic carbocycles. The summed E-state index contributed by atoms with van der Waals surface area (Å²) in [6, 6.07) is 6.73. The first kappa shape index (κ1) is 8.85. The number of hydrogen-bond donors (Lipinski definition) is 0. The van der Waals surface area contributed by atoms with Gasteiger partial charge >= 0.3 is 5.76 Å². The van der Waals surface area contributed by atoms with Crippen molar-refractivity contribution in [2.75, 3.05) is 0 Å². The van der Waals surface area contributed by atoms with E-state index in [0.717, 1.165) is 0 Å². The molecule has 0 aliphatic rings. The Morgan fingerprint density at radius 2 is 2.36 bits per heavy atom. The van der Waals surface area contributed by atoms with Crippen molar-refractivity contribution in [1.29, 1.82) is 5.26 Å². The average molecular weight is 209 g/mol. The van der Waals surface area contributed by atoms with Crippen molar-refractivity contribution in [3.05, 3.63) is 33.8 Å². The first-order valence-electron chi connectivity index (χ1n) is 3.88. The van der Waals surface area contributed by atoms with E-state index in [0.29, 0.717) is 16.1 Å². The molecule has 2 aromatic rings. The van der Waals surface area contributed by atoms with E-state index >= 15 is 0 Å². The second kappa shape index (κ2) is 3.20. The Bertz CT molecular complexity index is 576. The van der Waals surface area contributed by atoms with E-state index in [1.165, 1.54) is 4.57 Å². The van der Waals surface area contributed by atoms with Crippen LogP contribution >= 0.6 is 11.6 Å². The largest absolute Gasteiger partial charge is 0.420 e. The van der Waals surface area contributed by atoms with Crippen molar-refractivity contribution >= 4 is 22.7 Å². The van der Waals surface area contributed by atoms with Crippen LogP contribution in [-0.4, -0.2) is 4.57 Å². The van der Waals surface area contributed by atoms with Gasteiger partial charge in [0, 0.05) is 11.1 Å². The highest BCUT2D eigenvalue weighted by atomic mass is 35.5. The molecule has 4 nitrogen and oxygen atoms in total. The zero-order chi connectivity index (χ0) is 10.1. The standard InChI is InChI=1S/C9H5ClN2O2/c10-6-1-2-7-8(5-6)14-9(13)12(7)4-3-11/h1-2,5H,4H2. The lowest BCUT2D eigenvalue weighted by molar-refractivity contribution is 0.521. The van der Waals surface area contributed by atoms with Gasteiger partial charge in [-0.15, -0.1) is 0 Å². The molecule has 5 heteroatoms. The summed E-state index contributed by atoms with van der Waals surface area (Å²) in [4.78, 5) is 11.2. The van der Waals surface area contributed by atoms with E-state index < -0.39 is 5.76 Å². The lowest BCUT2D eigenvalue weighted by Gasteiger charge is -1.93. The summed E-state index contributed by atoms with van der Waals surface area (Å²) in [7, 11) is 0. The van der Waals surface area contributed by atoms with Gasteiger partial charge in [-0.25, -0.2) is 4.79 Å². The molecule has 0 unspecified atom stereocenters. The van der Waals surface area contributed by atoms with Crippen LogP contribution in [0.1, 0.15) is 0 Å². The van der Waals surface area contributed by atoms with Crippen molar-refractivity contribution in [2.24, 2.45) is 0 Å². The SMILES string of the molecule is N#CCn1c(=O)oc2cc(Cl)ccc21. The molecule has 0 saturated carbocycles. The molecule has 0 aliphatic heterocycles. The molecule has 0 N–H and O–H groups in total. The van der Waals surface area contributed by atoms with Crippen LogP contribution in [0.5, 0.6) is 0 Å². The maximum Gasteiger partial charge on any atom is 0.420 e. The van der Waals surface area contributed by atoms with Crippen molar-refractivity contribution in [2.45, 2.75) is 6.54 Å². The van der Waals surface area contributed by atoms with E-state index in [1.54, 1.807) is 18.2 Å². The number of nitrogens with zero attached hydrogens (tertiary/aromatic N) is 2. The molecule has 1 aromatic heterocycles. The van der Waals surface area contributed by atoms with Gasteiger partial charge < -0.3 is 4.42 Å². The van der Waals surface area contributed by atoms with Gasteiger partial charge in [0.2, 0.25) is 0 Å². The fourth-order valence-electron chi connectivity index (χ4n) is 1.26. The van der Waals surface area contributed by atoms with Crippen LogP contribution in [0.2, 0.25) is 5.02 Å². The highest BCUT2D eigenvalue weighted by Crippen LogP contribution is 2.17. The third-order valence-electron chi connectivity index (χ3n) is 1.86. The van der Waals surface area contributed by atoms with Gasteiger partial charge in [-0.05, 0) is 12.1 Å². The van der Waals surface area contributed by atoms with Gasteiger partial charge in [-0.1, -0.05) is 11.6 Å². The summed E-state index contributed by atoms with van der Waals surface area (Å²) in [5.74, 6) is -0.538. The molecule has 1 heterocycles. The van der Waals surface area contributed by atoms with Crippen LogP contribution in [0.15, 0.2) is 27.4 Å². The summed E-state index contributed by atoms with van der Waals surface area (Å²) in [5, 5.41) is 8.99. The van der Waals surface area contributed by atoms with Crippen LogP contribution in [0, 0.1) is 11.3 Å². The van der Waals surface area contributed by atoms with Crippen molar-refractivity contribution in [3.63, 3.8) is 0 Å². The molecule has 0 saturated heterocycles. The molecule has 0 atom stereocenters. The summed E-state index contributed by atoms with van der Waals surface area (Å²) in [6.45, 7) is -0.0204. The summed E-state index contributed by atoms with van der Waals surface area (Å²) >= 11 is 5.72. The van der Waals surface area contributed by atoms with Crippen molar-refractivity contribution < 1.29 is 4.42 Å². The minimum absolute atomic E-state index is 0.0204. The molecular formula is C9H5ClN2O2. The lowest BCUT2D eigenvalue weighted by Crippen LogP contribution is -2.12. The van der Waals surface area contributed by atoms with Crippen LogP contribution in [-0.2, 0) is 6.54 Å². The van der Waals surface area contributed by atoms with Crippen LogP contribution < -0.4 is 5.76 Å². The highest BCUT2D eigenvalue weighted by Gasteiger charge is 2.08. The van der Waals surface area contributed by atoms with Crippen LogP contribution in [0.3, 0.4) is 0 Å². The molecule has 0 spiro atoms. The number of halogens is 1. The number of nitriles is 1. The Morgan fingerprint density at radius 3 is 3.07 bits per heavy atom. The first-order chi connectivity index (χ1) is 6.72. The minimum Gasteiger partial charge on any atom is -0.408 e. The van der Waals surface area contributed by atoms with Gasteiger partial charge in [0.1, 0.15) is 6.54 Å². The molecule has 0 fully saturated rings. The van der Waals surface area contributed by atoms with E-state index in [1.807, 2.05) is 6.07 Å². The van der Waals surface area contributed by atoms with Gasteiger partial charge in [0.25, 0.3) is 0 Å². The monoisotopic (exact) mass is 208 g/mol. The predicted octanol–water partition coefficient (Wildman–Crippen LogP) is 1.77. The number of fused-ring (bicyclic) bond motifs is 1. The molecule has 2 rings (SSSR count). The van der Waals surface area contributed by atoms with Crippen molar-refractivity contribution in [1.82, 2.24) is 4.57 Å². The highest BCUT2D eigenvalue weighted by molar-refractivity contribution is 6.31. The fraction of sp³-hybridized carbons (Fsp3) is 0.111. The second-order valence-electron chi connectivity index (χ2n) is 2.72. The Morgan fingerprint density at radius 1 is 1.57 bits per heavy atom. The van der Waals surface area contributed by atoms with Gasteiger partial charge in [0.15, 0.2) is 5.58 Å². The predicted molar refractivity (Wildman–Crippen MR) is 51.1 cm³/mol. The molecule has 0 radical (unpaired) electrons. The molecule has 0 amide bonds. The fourth-order valence-corrected chi connectivity index (χ4v) is 1.42. The summed E-state index contributed by atoms with van der Waals surface area (Å²) in [5.41, 5.74) is 0.985. The molecule has 0 bridgehead atoms. The van der Waals surface area contributed by atoms with E-state index in [-0.39, 0.29) is 6.54 Å². The normalized spacial score (nSPS) is 10.3. The Kier molecular flexibility index (Phi) is 2.02. The third kappa shape index (κ3) is 1.28. The maximum absolute atomic E-state index is 11.2. The number of rotatable bonds is 1. The van der Waals surface area contributed by atoms with E-state index in [4.69, 9.17) is 21.3 Å². The Labute approximate surface area is 83.9 Å². The number of oxazole rings is 1. The Hall–Kier alpha value is -1.73. The minimum atomic E-state index is -0.538. The molecular weight excluding hydrogens is 204 g/mol. The van der Waals surface area contributed by atoms with E-state index in [9.17, 15) is 4.79 Å². The summed E-state index contributed by atoms with van der Waals surface area (Å²) in [6.07, 6.45) is 0. The topological polar surface area (TPSA) is 58.9 Å². The zero-order valence-electron chi connectivity index (χ0n) is 7.03. The number of hydrogen-bond acceptors (Lipinski definition) is 3. The van der Waals surface area contributed by atoms with Gasteiger partial charge in [0.05, 0.1) is 11.6 Å². The van der Waals surface area contributed by atoms with E-state index in [2.05, 4.69) is 0 Å². The van der Waals surface area contributed by atoms with Crippen molar-refractivity contribution in [3.8, 4) is 6.07 Å². The Balaban J connectivity index is 2.79. The zero-order valence-corrected chi connectivity index (χ0v) is 7.78. The molecule has 14 heavy (non-hydrogen) atoms.